The highest BCUT2D eigenvalue weighted by atomic mass is 32.1. The topological polar surface area (TPSA) is 50.9 Å². The van der Waals surface area contributed by atoms with Crippen molar-refractivity contribution < 1.29 is 0 Å². The second kappa shape index (κ2) is 5.80. The van der Waals surface area contributed by atoms with Gasteiger partial charge < -0.3 is 11.1 Å². The summed E-state index contributed by atoms with van der Waals surface area (Å²) in [6, 6.07) is 8.36. The average molecular weight is 247 g/mol. The van der Waals surface area contributed by atoms with Gasteiger partial charge in [0.2, 0.25) is 0 Å². The minimum Gasteiger partial charge on any atom is -0.385 e. The van der Waals surface area contributed by atoms with Crippen LogP contribution in [0.15, 0.2) is 29.6 Å². The van der Waals surface area contributed by atoms with Crippen molar-refractivity contribution in [1.82, 2.24) is 4.98 Å². The molecular weight excluding hydrogens is 230 g/mol. The molecule has 1 heterocycles. The molecule has 0 fully saturated rings. The maximum atomic E-state index is 5.45. The molecule has 17 heavy (non-hydrogen) atoms. The molecule has 1 aromatic carbocycles. The summed E-state index contributed by atoms with van der Waals surface area (Å²) in [6.07, 6.45) is 0.993. The third-order valence-corrected chi connectivity index (χ3v) is 3.28. The number of hydrogen-bond donors (Lipinski definition) is 2. The van der Waals surface area contributed by atoms with Crippen LogP contribution >= 0.6 is 11.3 Å². The van der Waals surface area contributed by atoms with Gasteiger partial charge >= 0.3 is 0 Å². The predicted molar refractivity (Wildman–Crippen MR) is 74.4 cm³/mol. The Bertz CT molecular complexity index is 462. The molecule has 1 aromatic heterocycles. The molecule has 0 aliphatic carbocycles. The quantitative estimate of drug-likeness (QED) is 0.799. The van der Waals surface area contributed by atoms with E-state index in [0.717, 1.165) is 35.9 Å². The molecule has 0 amide bonds. The lowest BCUT2D eigenvalue weighted by atomic mass is 10.1. The summed E-state index contributed by atoms with van der Waals surface area (Å²) in [6.45, 7) is 3.67. The molecule has 2 rings (SSSR count). The zero-order chi connectivity index (χ0) is 12.1. The van der Waals surface area contributed by atoms with E-state index in [2.05, 4.69) is 39.9 Å². The zero-order valence-corrected chi connectivity index (χ0v) is 10.8. The fourth-order valence-electron chi connectivity index (χ4n) is 1.59. The van der Waals surface area contributed by atoms with Crippen LogP contribution in [-0.4, -0.2) is 18.1 Å². The van der Waals surface area contributed by atoms with E-state index in [1.165, 1.54) is 5.56 Å². The van der Waals surface area contributed by atoms with Gasteiger partial charge in [0.15, 0.2) is 0 Å². The van der Waals surface area contributed by atoms with E-state index >= 15 is 0 Å². The Labute approximate surface area is 106 Å². The van der Waals surface area contributed by atoms with Crippen LogP contribution in [0.5, 0.6) is 0 Å². The molecule has 3 nitrogen and oxygen atoms in total. The third kappa shape index (κ3) is 3.28. The van der Waals surface area contributed by atoms with Crippen molar-refractivity contribution in [3.8, 4) is 11.3 Å². The van der Waals surface area contributed by atoms with Gasteiger partial charge in [-0.15, -0.1) is 11.3 Å². The van der Waals surface area contributed by atoms with E-state index in [-0.39, 0.29) is 0 Å². The highest BCUT2D eigenvalue weighted by molar-refractivity contribution is 7.09. The Morgan fingerprint density at radius 3 is 2.65 bits per heavy atom. The van der Waals surface area contributed by atoms with Crippen LogP contribution in [-0.2, 0) is 0 Å². The number of nitrogens with one attached hydrogen (secondary N) is 1. The second-order valence-corrected chi connectivity index (χ2v) is 4.96. The highest BCUT2D eigenvalue weighted by Crippen LogP contribution is 2.22. The van der Waals surface area contributed by atoms with Crippen LogP contribution in [0.1, 0.15) is 11.4 Å². The van der Waals surface area contributed by atoms with Gasteiger partial charge in [0.1, 0.15) is 0 Å². The third-order valence-electron chi connectivity index (χ3n) is 2.51. The molecule has 0 aliphatic rings. The van der Waals surface area contributed by atoms with Crippen molar-refractivity contribution in [2.24, 2.45) is 5.73 Å². The first-order valence-corrected chi connectivity index (χ1v) is 6.64. The van der Waals surface area contributed by atoms with Crippen molar-refractivity contribution in [2.75, 3.05) is 18.4 Å². The lowest BCUT2D eigenvalue weighted by molar-refractivity contribution is 0.874. The van der Waals surface area contributed by atoms with Crippen LogP contribution in [0.3, 0.4) is 0 Å². The molecule has 0 spiro atoms. The van der Waals surface area contributed by atoms with Crippen LogP contribution in [0.2, 0.25) is 0 Å². The van der Waals surface area contributed by atoms with Crippen molar-refractivity contribution in [2.45, 2.75) is 13.3 Å². The molecule has 4 heteroatoms. The van der Waals surface area contributed by atoms with Gasteiger partial charge in [-0.1, -0.05) is 12.1 Å². The fourth-order valence-corrected chi connectivity index (χ4v) is 2.21. The molecule has 0 aliphatic heterocycles. The van der Waals surface area contributed by atoms with E-state index in [1.807, 2.05) is 6.92 Å². The number of rotatable bonds is 5. The number of nitrogens with two attached hydrogens (primary N) is 1. The summed E-state index contributed by atoms with van der Waals surface area (Å²) >= 11 is 1.68. The zero-order valence-electron chi connectivity index (χ0n) is 9.94. The highest BCUT2D eigenvalue weighted by Gasteiger charge is 2.01. The average Bonchev–Trinajstić information content (AvgIpc) is 2.77. The first kappa shape index (κ1) is 12.1. The van der Waals surface area contributed by atoms with Crippen LogP contribution in [0, 0.1) is 6.92 Å². The van der Waals surface area contributed by atoms with Gasteiger partial charge in [-0.2, -0.15) is 0 Å². The minimum atomic E-state index is 0.725. The lowest BCUT2D eigenvalue weighted by Gasteiger charge is -2.05. The van der Waals surface area contributed by atoms with Crippen LogP contribution in [0.25, 0.3) is 11.3 Å². The van der Waals surface area contributed by atoms with Crippen molar-refractivity contribution >= 4 is 17.0 Å². The summed E-state index contributed by atoms with van der Waals surface area (Å²) < 4.78 is 0. The Balaban J connectivity index is 2.02. The molecule has 90 valence electrons. The van der Waals surface area contributed by atoms with Gasteiger partial charge in [0.25, 0.3) is 0 Å². The van der Waals surface area contributed by atoms with E-state index in [1.54, 1.807) is 11.3 Å². The summed E-state index contributed by atoms with van der Waals surface area (Å²) in [5.41, 5.74) is 8.80. The summed E-state index contributed by atoms with van der Waals surface area (Å²) in [5, 5.41) is 6.52. The van der Waals surface area contributed by atoms with Crippen LogP contribution in [0.4, 0.5) is 5.69 Å². The van der Waals surface area contributed by atoms with Crippen molar-refractivity contribution in [3.05, 3.63) is 34.7 Å². The number of aromatic nitrogens is 1. The number of hydrogen-bond acceptors (Lipinski definition) is 4. The fraction of sp³-hybridized carbons (Fsp3) is 0.308. The normalized spacial score (nSPS) is 10.5. The molecule has 2 aromatic rings. The Hall–Kier alpha value is -1.39. The number of aryl methyl sites for hydroxylation is 1. The van der Waals surface area contributed by atoms with Gasteiger partial charge in [0.05, 0.1) is 10.7 Å². The van der Waals surface area contributed by atoms with Gasteiger partial charge in [0, 0.05) is 23.2 Å². The molecule has 0 saturated carbocycles. The summed E-state index contributed by atoms with van der Waals surface area (Å²) in [4.78, 5) is 4.47. The largest absolute Gasteiger partial charge is 0.385 e. The van der Waals surface area contributed by atoms with Gasteiger partial charge in [-0.3, -0.25) is 0 Å². The van der Waals surface area contributed by atoms with Gasteiger partial charge in [-0.05, 0) is 32.0 Å². The Kier molecular flexibility index (Phi) is 4.12. The molecule has 0 saturated heterocycles. The van der Waals surface area contributed by atoms with E-state index in [0.29, 0.717) is 0 Å². The van der Waals surface area contributed by atoms with Crippen molar-refractivity contribution in [3.63, 3.8) is 0 Å². The van der Waals surface area contributed by atoms with Gasteiger partial charge in [-0.25, -0.2) is 4.98 Å². The first-order valence-electron chi connectivity index (χ1n) is 5.76. The summed E-state index contributed by atoms with van der Waals surface area (Å²) in [7, 11) is 0. The molecule has 0 radical (unpaired) electrons. The van der Waals surface area contributed by atoms with E-state index in [4.69, 9.17) is 5.73 Å². The monoisotopic (exact) mass is 247 g/mol. The standard InChI is InChI=1S/C13H17N3S/c1-10-16-13(9-17-10)11-3-5-12(6-4-11)15-8-2-7-14/h3-6,9,15H,2,7-8,14H2,1H3. The number of benzene rings is 1. The number of nitrogens with zero attached hydrogens (tertiary/aromatic N) is 1. The predicted octanol–water partition coefficient (Wildman–Crippen LogP) is 2.88. The number of thiazole rings is 1. The lowest BCUT2D eigenvalue weighted by Crippen LogP contribution is -2.08. The SMILES string of the molecule is Cc1nc(-c2ccc(NCCCN)cc2)cs1. The molecule has 0 bridgehead atoms. The number of anilines is 1. The minimum absolute atomic E-state index is 0.725. The second-order valence-electron chi connectivity index (χ2n) is 3.90. The maximum Gasteiger partial charge on any atom is 0.0901 e. The maximum absolute atomic E-state index is 5.45. The van der Waals surface area contributed by atoms with Crippen molar-refractivity contribution in [1.29, 1.82) is 0 Å². The van der Waals surface area contributed by atoms with E-state index in [9.17, 15) is 0 Å². The summed E-state index contributed by atoms with van der Waals surface area (Å²) in [5.74, 6) is 0. The molecule has 0 atom stereocenters. The smallest absolute Gasteiger partial charge is 0.0901 e. The Morgan fingerprint density at radius 1 is 1.29 bits per heavy atom. The van der Waals surface area contributed by atoms with Crippen LogP contribution < -0.4 is 11.1 Å². The molecule has 0 unspecified atom stereocenters. The Morgan fingerprint density at radius 2 is 2.06 bits per heavy atom. The van der Waals surface area contributed by atoms with E-state index < -0.39 is 0 Å². The molecular formula is C13H17N3S. The molecule has 3 N–H and O–H groups in total. The first-order chi connectivity index (χ1) is 8.29.